The normalized spacial score (nSPS) is 29.9. The standard InChI is InChI=1S/C15H17F3O2/c16-15(17,18)20-13-3-1-9(2-4-13)5-14(19)12-7-10-6-11(10)8-12/h1-4,10-12,14,19H,5-8H2. The van der Waals surface area contributed by atoms with Crippen LogP contribution in [-0.2, 0) is 6.42 Å². The topological polar surface area (TPSA) is 29.5 Å². The molecule has 0 heterocycles. The van der Waals surface area contributed by atoms with E-state index in [9.17, 15) is 18.3 Å². The number of hydrogen-bond acceptors (Lipinski definition) is 2. The van der Waals surface area contributed by atoms with Gasteiger partial charge in [0.25, 0.3) is 0 Å². The molecule has 110 valence electrons. The molecule has 5 heteroatoms. The number of rotatable bonds is 4. The van der Waals surface area contributed by atoms with Crippen LogP contribution in [0.25, 0.3) is 0 Å². The van der Waals surface area contributed by atoms with Crippen molar-refractivity contribution in [3.63, 3.8) is 0 Å². The van der Waals surface area contributed by atoms with Crippen LogP contribution in [0.2, 0.25) is 0 Å². The van der Waals surface area contributed by atoms with Gasteiger partial charge in [-0.15, -0.1) is 13.2 Å². The average molecular weight is 286 g/mol. The molecule has 2 aliphatic carbocycles. The summed E-state index contributed by atoms with van der Waals surface area (Å²) in [7, 11) is 0. The fourth-order valence-electron chi connectivity index (χ4n) is 3.31. The summed E-state index contributed by atoms with van der Waals surface area (Å²) in [6.45, 7) is 0. The van der Waals surface area contributed by atoms with Crippen LogP contribution in [0.3, 0.4) is 0 Å². The number of ether oxygens (including phenoxy) is 1. The van der Waals surface area contributed by atoms with E-state index in [4.69, 9.17) is 0 Å². The predicted molar refractivity (Wildman–Crippen MR) is 67.2 cm³/mol. The van der Waals surface area contributed by atoms with Gasteiger partial charge in [-0.3, -0.25) is 0 Å². The highest BCUT2D eigenvalue weighted by Gasteiger charge is 2.47. The van der Waals surface area contributed by atoms with Crippen molar-refractivity contribution in [2.75, 3.05) is 0 Å². The first-order valence-electron chi connectivity index (χ1n) is 6.93. The quantitative estimate of drug-likeness (QED) is 0.917. The van der Waals surface area contributed by atoms with Gasteiger partial charge < -0.3 is 9.84 Å². The highest BCUT2D eigenvalue weighted by Crippen LogP contribution is 2.55. The van der Waals surface area contributed by atoms with Gasteiger partial charge >= 0.3 is 6.36 Å². The Bertz CT molecular complexity index is 459. The number of halogens is 3. The van der Waals surface area contributed by atoms with Crippen molar-refractivity contribution < 1.29 is 23.0 Å². The van der Waals surface area contributed by atoms with Crippen molar-refractivity contribution in [3.8, 4) is 5.75 Å². The number of hydrogen-bond donors (Lipinski definition) is 1. The summed E-state index contributed by atoms with van der Waals surface area (Å²) in [6, 6.07) is 5.75. The summed E-state index contributed by atoms with van der Waals surface area (Å²) in [4.78, 5) is 0. The number of aliphatic hydroxyl groups is 1. The fourth-order valence-corrected chi connectivity index (χ4v) is 3.31. The van der Waals surface area contributed by atoms with E-state index >= 15 is 0 Å². The number of fused-ring (bicyclic) bond motifs is 1. The zero-order valence-corrected chi connectivity index (χ0v) is 10.9. The summed E-state index contributed by atoms with van der Waals surface area (Å²) >= 11 is 0. The van der Waals surface area contributed by atoms with Crippen LogP contribution in [0.1, 0.15) is 24.8 Å². The molecule has 1 N–H and O–H groups in total. The van der Waals surface area contributed by atoms with Crippen LogP contribution in [0.4, 0.5) is 13.2 Å². The average Bonchev–Trinajstić information content (AvgIpc) is 2.97. The molecule has 0 amide bonds. The lowest BCUT2D eigenvalue weighted by atomic mass is 9.92. The van der Waals surface area contributed by atoms with Gasteiger partial charge in [0.15, 0.2) is 0 Å². The van der Waals surface area contributed by atoms with Gasteiger partial charge in [0, 0.05) is 0 Å². The molecule has 3 rings (SSSR count). The molecule has 2 saturated carbocycles. The van der Waals surface area contributed by atoms with Crippen LogP contribution in [-0.4, -0.2) is 17.6 Å². The largest absolute Gasteiger partial charge is 0.573 e. The molecule has 0 aliphatic heterocycles. The summed E-state index contributed by atoms with van der Waals surface area (Å²) in [5.41, 5.74) is 0.840. The summed E-state index contributed by atoms with van der Waals surface area (Å²) < 4.78 is 39.9. The van der Waals surface area contributed by atoms with Gasteiger partial charge in [0.1, 0.15) is 5.75 Å². The molecule has 1 aromatic rings. The molecule has 3 unspecified atom stereocenters. The zero-order chi connectivity index (χ0) is 14.3. The Kier molecular flexibility index (Phi) is 3.40. The lowest BCUT2D eigenvalue weighted by Gasteiger charge is -2.19. The Morgan fingerprint density at radius 2 is 1.70 bits per heavy atom. The minimum atomic E-state index is -4.66. The van der Waals surface area contributed by atoms with Crippen LogP contribution < -0.4 is 4.74 Å². The monoisotopic (exact) mass is 286 g/mol. The minimum Gasteiger partial charge on any atom is -0.406 e. The first-order valence-corrected chi connectivity index (χ1v) is 6.93. The molecule has 2 nitrogen and oxygen atoms in total. The van der Waals surface area contributed by atoms with E-state index in [1.165, 1.54) is 18.6 Å². The van der Waals surface area contributed by atoms with Crippen molar-refractivity contribution in [1.29, 1.82) is 0 Å². The Morgan fingerprint density at radius 3 is 2.25 bits per heavy atom. The van der Waals surface area contributed by atoms with Crippen LogP contribution in [0, 0.1) is 17.8 Å². The van der Waals surface area contributed by atoms with E-state index in [0.29, 0.717) is 12.3 Å². The van der Waals surface area contributed by atoms with E-state index in [1.807, 2.05) is 0 Å². The van der Waals surface area contributed by atoms with Crippen molar-refractivity contribution in [1.82, 2.24) is 0 Å². The van der Waals surface area contributed by atoms with Gasteiger partial charge in [-0.1, -0.05) is 12.1 Å². The minimum absolute atomic E-state index is 0.224. The summed E-state index contributed by atoms with van der Waals surface area (Å²) in [5, 5.41) is 10.2. The molecule has 0 bridgehead atoms. The maximum atomic E-state index is 12.0. The van der Waals surface area contributed by atoms with Gasteiger partial charge in [0.05, 0.1) is 6.10 Å². The Labute approximate surface area is 115 Å². The van der Waals surface area contributed by atoms with E-state index in [1.54, 1.807) is 12.1 Å². The Hall–Kier alpha value is -1.23. The van der Waals surface area contributed by atoms with Gasteiger partial charge in [-0.2, -0.15) is 0 Å². The second-order valence-electron chi connectivity index (χ2n) is 5.95. The van der Waals surface area contributed by atoms with Gasteiger partial charge in [-0.05, 0) is 61.1 Å². The van der Waals surface area contributed by atoms with E-state index in [2.05, 4.69) is 4.74 Å². The molecule has 2 fully saturated rings. The third-order valence-electron chi connectivity index (χ3n) is 4.43. The maximum Gasteiger partial charge on any atom is 0.573 e. The second kappa shape index (κ2) is 4.95. The van der Waals surface area contributed by atoms with Crippen molar-refractivity contribution >= 4 is 0 Å². The third kappa shape index (κ3) is 3.26. The summed E-state index contributed by atoms with van der Waals surface area (Å²) in [6.07, 6.45) is -1.05. The third-order valence-corrected chi connectivity index (χ3v) is 4.43. The van der Waals surface area contributed by atoms with Gasteiger partial charge in [-0.25, -0.2) is 0 Å². The highest BCUT2D eigenvalue weighted by molar-refractivity contribution is 5.28. The van der Waals surface area contributed by atoms with E-state index < -0.39 is 12.5 Å². The Morgan fingerprint density at radius 1 is 1.10 bits per heavy atom. The molecule has 0 spiro atoms. The molecule has 3 atom stereocenters. The van der Waals surface area contributed by atoms with Gasteiger partial charge in [0.2, 0.25) is 0 Å². The number of aliphatic hydroxyl groups excluding tert-OH is 1. The molecule has 20 heavy (non-hydrogen) atoms. The maximum absolute atomic E-state index is 12.0. The molecule has 2 aliphatic rings. The first kappa shape index (κ1) is 13.7. The van der Waals surface area contributed by atoms with Crippen molar-refractivity contribution in [3.05, 3.63) is 29.8 Å². The summed E-state index contributed by atoms with van der Waals surface area (Å²) in [5.74, 6) is 1.76. The lowest BCUT2D eigenvalue weighted by molar-refractivity contribution is -0.274. The van der Waals surface area contributed by atoms with Crippen LogP contribution in [0.5, 0.6) is 5.75 Å². The number of benzene rings is 1. The molecular weight excluding hydrogens is 269 g/mol. The fraction of sp³-hybridized carbons (Fsp3) is 0.600. The first-order chi connectivity index (χ1) is 9.40. The Balaban J connectivity index is 1.54. The molecule has 0 radical (unpaired) electrons. The molecule has 0 aromatic heterocycles. The van der Waals surface area contributed by atoms with Crippen molar-refractivity contribution in [2.45, 2.75) is 38.1 Å². The SMILES string of the molecule is OC(Cc1ccc(OC(F)(F)F)cc1)C1CC2CC2C1. The van der Waals surface area contributed by atoms with E-state index in [0.717, 1.165) is 30.2 Å². The molecular formula is C15H17F3O2. The smallest absolute Gasteiger partial charge is 0.406 e. The number of alkyl halides is 3. The predicted octanol–water partition coefficient (Wildman–Crippen LogP) is 3.53. The zero-order valence-electron chi connectivity index (χ0n) is 10.9. The second-order valence-corrected chi connectivity index (χ2v) is 5.95. The molecule has 1 aromatic carbocycles. The van der Waals surface area contributed by atoms with Crippen LogP contribution in [0.15, 0.2) is 24.3 Å². The van der Waals surface area contributed by atoms with E-state index in [-0.39, 0.29) is 5.75 Å². The van der Waals surface area contributed by atoms with Crippen LogP contribution >= 0.6 is 0 Å². The highest BCUT2D eigenvalue weighted by atomic mass is 19.4. The molecule has 0 saturated heterocycles. The lowest BCUT2D eigenvalue weighted by Crippen LogP contribution is -2.21. The van der Waals surface area contributed by atoms with Crippen molar-refractivity contribution in [2.24, 2.45) is 17.8 Å².